The molecule has 0 spiro atoms. The summed E-state index contributed by atoms with van der Waals surface area (Å²) in [4.78, 5) is 13.9. The molecule has 1 aliphatic rings. The maximum Gasteiger partial charge on any atom is 0.233 e. The van der Waals surface area contributed by atoms with Crippen LogP contribution in [0.25, 0.3) is 0 Å². The molecule has 2 rings (SSSR count). The van der Waals surface area contributed by atoms with E-state index < -0.39 is 0 Å². The minimum atomic E-state index is 0.121. The van der Waals surface area contributed by atoms with Gasteiger partial charge in [-0.1, -0.05) is 12.1 Å². The topological polar surface area (TPSA) is 38.8 Å². The van der Waals surface area contributed by atoms with E-state index in [1.807, 2.05) is 29.2 Å². The molecule has 1 aromatic carbocycles. The molecule has 0 aromatic heterocycles. The molecule has 0 radical (unpaired) electrons. The average Bonchev–Trinajstić information content (AvgIpc) is 2.81. The summed E-state index contributed by atoms with van der Waals surface area (Å²) in [6.07, 6.45) is 0.870. The number of rotatable bonds is 6. The van der Waals surface area contributed by atoms with Gasteiger partial charge in [0.15, 0.2) is 0 Å². The number of amides is 1. The quantitative estimate of drug-likeness (QED) is 0.750. The monoisotopic (exact) mass is 281 g/mol. The van der Waals surface area contributed by atoms with E-state index in [-0.39, 0.29) is 11.3 Å². The first-order valence-electron chi connectivity index (χ1n) is 6.30. The first-order chi connectivity index (χ1) is 9.26. The Morgan fingerprint density at radius 2 is 2.05 bits per heavy atom. The highest BCUT2D eigenvalue weighted by Gasteiger charge is 2.32. The molecule has 19 heavy (non-hydrogen) atoms. The van der Waals surface area contributed by atoms with E-state index in [0.717, 1.165) is 24.3 Å². The van der Waals surface area contributed by atoms with Gasteiger partial charge in [0.2, 0.25) is 5.91 Å². The van der Waals surface area contributed by atoms with Gasteiger partial charge in [-0.05, 0) is 24.1 Å². The van der Waals surface area contributed by atoms with Crippen molar-refractivity contribution in [3.8, 4) is 5.75 Å². The van der Waals surface area contributed by atoms with Crippen molar-refractivity contribution in [1.29, 1.82) is 0 Å². The number of carbonyl (C=O) groups excluding carboxylic acids is 1. The van der Waals surface area contributed by atoms with Crippen molar-refractivity contribution >= 4 is 17.7 Å². The summed E-state index contributed by atoms with van der Waals surface area (Å²) in [5.74, 6) is 1.61. The van der Waals surface area contributed by atoms with Crippen LogP contribution in [0.5, 0.6) is 5.75 Å². The zero-order valence-corrected chi connectivity index (χ0v) is 12.1. The molecule has 1 aliphatic heterocycles. The summed E-state index contributed by atoms with van der Waals surface area (Å²) in [6, 6.07) is 7.93. The van der Waals surface area contributed by atoms with E-state index in [4.69, 9.17) is 9.47 Å². The normalized spacial score (nSPS) is 18.9. The van der Waals surface area contributed by atoms with Crippen LogP contribution in [-0.2, 0) is 9.53 Å². The fourth-order valence-electron chi connectivity index (χ4n) is 2.12. The maximum atomic E-state index is 11.9. The van der Waals surface area contributed by atoms with Crippen molar-refractivity contribution < 1.29 is 14.3 Å². The van der Waals surface area contributed by atoms with Crippen LogP contribution in [-0.4, -0.2) is 43.9 Å². The van der Waals surface area contributed by atoms with Gasteiger partial charge >= 0.3 is 0 Å². The van der Waals surface area contributed by atoms with Crippen molar-refractivity contribution in [2.45, 2.75) is 11.8 Å². The summed E-state index contributed by atoms with van der Waals surface area (Å²) >= 11 is 1.68. The van der Waals surface area contributed by atoms with Crippen molar-refractivity contribution in [2.75, 3.05) is 33.1 Å². The van der Waals surface area contributed by atoms with Crippen molar-refractivity contribution in [1.82, 2.24) is 4.90 Å². The van der Waals surface area contributed by atoms with Crippen LogP contribution in [0.4, 0.5) is 0 Å². The molecule has 0 saturated carbocycles. The number of hydrogen-bond acceptors (Lipinski definition) is 4. The molecule has 1 amide bonds. The van der Waals surface area contributed by atoms with Gasteiger partial charge in [-0.25, -0.2) is 0 Å². The van der Waals surface area contributed by atoms with Crippen LogP contribution in [0.1, 0.15) is 17.4 Å². The van der Waals surface area contributed by atoms with E-state index in [2.05, 4.69) is 0 Å². The molecule has 0 aliphatic carbocycles. The maximum absolute atomic E-state index is 11.9. The first kappa shape index (κ1) is 14.2. The summed E-state index contributed by atoms with van der Waals surface area (Å²) in [5.41, 5.74) is 1.15. The van der Waals surface area contributed by atoms with E-state index >= 15 is 0 Å². The highest BCUT2D eigenvalue weighted by molar-refractivity contribution is 8.00. The Hall–Kier alpha value is -1.20. The van der Waals surface area contributed by atoms with Crippen molar-refractivity contribution in [2.24, 2.45) is 0 Å². The Labute approximate surface area is 118 Å². The third-order valence-corrected chi connectivity index (χ3v) is 4.37. The zero-order valence-electron chi connectivity index (χ0n) is 11.3. The molecule has 1 fully saturated rings. The molecule has 1 unspecified atom stereocenters. The molecule has 4 nitrogen and oxygen atoms in total. The van der Waals surface area contributed by atoms with Crippen LogP contribution < -0.4 is 4.74 Å². The average molecular weight is 281 g/mol. The van der Waals surface area contributed by atoms with E-state index in [1.54, 1.807) is 26.0 Å². The predicted octanol–water partition coefficient (Wildman–Crippen LogP) is 2.31. The SMILES string of the molecule is COCCCN1C(=O)CSC1c1ccc(OC)cc1. The lowest BCUT2D eigenvalue weighted by Gasteiger charge is -2.24. The minimum absolute atomic E-state index is 0.121. The summed E-state index contributed by atoms with van der Waals surface area (Å²) in [7, 11) is 3.33. The number of benzene rings is 1. The first-order valence-corrected chi connectivity index (χ1v) is 7.35. The van der Waals surface area contributed by atoms with E-state index in [9.17, 15) is 4.79 Å². The lowest BCUT2D eigenvalue weighted by Crippen LogP contribution is -2.29. The van der Waals surface area contributed by atoms with Gasteiger partial charge in [0.25, 0.3) is 0 Å². The molecular formula is C14H19NO3S. The molecule has 1 heterocycles. The Balaban J connectivity index is 2.05. The highest BCUT2D eigenvalue weighted by Crippen LogP contribution is 2.38. The third kappa shape index (κ3) is 3.42. The standard InChI is InChI=1S/C14H19NO3S/c1-17-9-3-8-15-13(16)10-19-14(15)11-4-6-12(18-2)7-5-11/h4-7,14H,3,8-10H2,1-2H3. The lowest BCUT2D eigenvalue weighted by molar-refractivity contribution is -0.128. The number of thioether (sulfide) groups is 1. The zero-order chi connectivity index (χ0) is 13.7. The predicted molar refractivity (Wildman–Crippen MR) is 76.4 cm³/mol. The van der Waals surface area contributed by atoms with Crippen LogP contribution in [0.3, 0.4) is 0 Å². The van der Waals surface area contributed by atoms with Gasteiger partial charge in [-0.3, -0.25) is 4.79 Å². The van der Waals surface area contributed by atoms with Crippen LogP contribution >= 0.6 is 11.8 Å². The highest BCUT2D eigenvalue weighted by atomic mass is 32.2. The Bertz CT molecular complexity index is 421. The second kappa shape index (κ2) is 6.82. The summed E-state index contributed by atoms with van der Waals surface area (Å²) in [5, 5.41) is 0.121. The van der Waals surface area contributed by atoms with E-state index in [1.165, 1.54) is 0 Å². The number of carbonyl (C=O) groups is 1. The Kier molecular flexibility index (Phi) is 5.10. The van der Waals surface area contributed by atoms with Gasteiger partial charge in [0.1, 0.15) is 11.1 Å². The lowest BCUT2D eigenvalue weighted by atomic mass is 10.2. The number of methoxy groups -OCH3 is 2. The largest absolute Gasteiger partial charge is 0.497 e. The second-order valence-corrected chi connectivity index (χ2v) is 5.44. The van der Waals surface area contributed by atoms with Crippen LogP contribution in [0.15, 0.2) is 24.3 Å². The van der Waals surface area contributed by atoms with Gasteiger partial charge in [0, 0.05) is 20.3 Å². The third-order valence-electron chi connectivity index (χ3n) is 3.12. The molecule has 0 N–H and O–H groups in total. The minimum Gasteiger partial charge on any atom is -0.497 e. The van der Waals surface area contributed by atoms with E-state index in [0.29, 0.717) is 12.4 Å². The number of hydrogen-bond donors (Lipinski definition) is 0. The smallest absolute Gasteiger partial charge is 0.233 e. The van der Waals surface area contributed by atoms with Gasteiger partial charge in [-0.2, -0.15) is 0 Å². The Morgan fingerprint density at radius 3 is 2.68 bits per heavy atom. The van der Waals surface area contributed by atoms with Gasteiger partial charge in [0.05, 0.1) is 12.9 Å². The van der Waals surface area contributed by atoms with Crippen molar-refractivity contribution in [3.63, 3.8) is 0 Å². The molecule has 1 atom stereocenters. The van der Waals surface area contributed by atoms with Crippen LogP contribution in [0.2, 0.25) is 0 Å². The fraction of sp³-hybridized carbons (Fsp3) is 0.500. The Morgan fingerprint density at radius 1 is 1.32 bits per heavy atom. The van der Waals surface area contributed by atoms with Crippen LogP contribution in [0, 0.1) is 0 Å². The molecule has 104 valence electrons. The molecule has 1 saturated heterocycles. The number of nitrogens with zero attached hydrogens (tertiary/aromatic N) is 1. The molecule has 0 bridgehead atoms. The molecule has 1 aromatic rings. The van der Waals surface area contributed by atoms with Crippen molar-refractivity contribution in [3.05, 3.63) is 29.8 Å². The van der Waals surface area contributed by atoms with Gasteiger partial charge < -0.3 is 14.4 Å². The second-order valence-electron chi connectivity index (χ2n) is 4.37. The number of ether oxygens (including phenoxy) is 2. The summed E-state index contributed by atoms with van der Waals surface area (Å²) in [6.45, 7) is 1.43. The molecular weight excluding hydrogens is 262 g/mol. The summed E-state index contributed by atoms with van der Waals surface area (Å²) < 4.78 is 10.2. The fourth-order valence-corrected chi connectivity index (χ4v) is 3.34. The molecule has 5 heteroatoms. The van der Waals surface area contributed by atoms with Gasteiger partial charge in [-0.15, -0.1) is 11.8 Å².